The minimum absolute atomic E-state index is 0.128. The van der Waals surface area contributed by atoms with Crippen LogP contribution in [0, 0.1) is 5.82 Å². The molecular weight excluding hydrogens is 295 g/mol. The minimum atomic E-state index is -3.62. The fourth-order valence-corrected chi connectivity index (χ4v) is 3.97. The highest BCUT2D eigenvalue weighted by Crippen LogP contribution is 2.21. The van der Waals surface area contributed by atoms with E-state index in [9.17, 15) is 12.8 Å². The molecule has 1 fully saturated rings. The highest BCUT2D eigenvalue weighted by Gasteiger charge is 2.28. The van der Waals surface area contributed by atoms with Gasteiger partial charge in [-0.05, 0) is 38.6 Å². The fourth-order valence-electron chi connectivity index (χ4n) is 2.36. The molecule has 0 radical (unpaired) electrons. The molecule has 0 saturated carbocycles. The van der Waals surface area contributed by atoms with E-state index >= 15 is 0 Å². The van der Waals surface area contributed by atoms with E-state index in [1.165, 1.54) is 22.5 Å². The molecule has 1 heterocycles. The molecule has 2 rings (SSSR count). The summed E-state index contributed by atoms with van der Waals surface area (Å²) in [5, 5.41) is 2.83. The highest BCUT2D eigenvalue weighted by atomic mass is 32.2. The van der Waals surface area contributed by atoms with Crippen LogP contribution in [-0.4, -0.2) is 45.6 Å². The van der Waals surface area contributed by atoms with Crippen molar-refractivity contribution in [1.29, 1.82) is 0 Å². The van der Waals surface area contributed by atoms with E-state index in [0.29, 0.717) is 31.7 Å². The maximum absolute atomic E-state index is 13.6. The lowest BCUT2D eigenvalue weighted by Crippen LogP contribution is -2.36. The van der Waals surface area contributed by atoms with E-state index in [1.807, 2.05) is 6.92 Å². The van der Waals surface area contributed by atoms with Crippen LogP contribution < -0.4 is 5.32 Å². The van der Waals surface area contributed by atoms with Gasteiger partial charge < -0.3 is 10.1 Å². The van der Waals surface area contributed by atoms with E-state index in [0.717, 1.165) is 0 Å². The SMILES string of the molecule is CNCc1cc(S(=O)(=O)N2CCCOC(C)C2)ccc1F. The van der Waals surface area contributed by atoms with Crippen LogP contribution in [0.5, 0.6) is 0 Å². The average Bonchev–Trinajstić information content (AvgIpc) is 2.66. The Balaban J connectivity index is 2.32. The maximum Gasteiger partial charge on any atom is 0.243 e. The lowest BCUT2D eigenvalue weighted by Gasteiger charge is -2.22. The first-order valence-electron chi connectivity index (χ1n) is 7.00. The second-order valence-electron chi connectivity index (χ2n) is 5.18. The summed E-state index contributed by atoms with van der Waals surface area (Å²) in [5.41, 5.74) is 0.345. The lowest BCUT2D eigenvalue weighted by atomic mass is 10.2. The summed E-state index contributed by atoms with van der Waals surface area (Å²) in [6.45, 7) is 3.44. The van der Waals surface area contributed by atoms with Gasteiger partial charge in [0.05, 0.1) is 11.0 Å². The number of ether oxygens (including phenoxy) is 1. The molecule has 0 amide bonds. The monoisotopic (exact) mass is 316 g/mol. The summed E-state index contributed by atoms with van der Waals surface area (Å²) < 4.78 is 45.9. The van der Waals surface area contributed by atoms with E-state index in [4.69, 9.17) is 4.74 Å². The van der Waals surface area contributed by atoms with Gasteiger partial charge in [-0.3, -0.25) is 0 Å². The predicted molar refractivity (Wildman–Crippen MR) is 78.0 cm³/mol. The third-order valence-electron chi connectivity index (χ3n) is 3.44. The third kappa shape index (κ3) is 3.79. The summed E-state index contributed by atoms with van der Waals surface area (Å²) in [4.78, 5) is 0.128. The van der Waals surface area contributed by atoms with Crippen LogP contribution in [0.4, 0.5) is 4.39 Å². The molecule has 0 spiro atoms. The Kier molecular flexibility index (Phi) is 5.32. The van der Waals surface area contributed by atoms with Crippen molar-refractivity contribution in [2.24, 2.45) is 0 Å². The van der Waals surface area contributed by atoms with Crippen LogP contribution in [-0.2, 0) is 21.3 Å². The molecule has 5 nitrogen and oxygen atoms in total. The van der Waals surface area contributed by atoms with Crippen molar-refractivity contribution in [3.8, 4) is 0 Å². The number of halogens is 1. The summed E-state index contributed by atoms with van der Waals surface area (Å²) >= 11 is 0. The Morgan fingerprint density at radius 2 is 2.24 bits per heavy atom. The fraction of sp³-hybridized carbons (Fsp3) is 0.571. The topological polar surface area (TPSA) is 58.6 Å². The smallest absolute Gasteiger partial charge is 0.243 e. The van der Waals surface area contributed by atoms with Crippen molar-refractivity contribution in [2.45, 2.75) is 30.9 Å². The largest absolute Gasteiger partial charge is 0.377 e. The van der Waals surface area contributed by atoms with Gasteiger partial charge in [0.1, 0.15) is 5.82 Å². The number of rotatable bonds is 4. The van der Waals surface area contributed by atoms with Gasteiger partial charge in [0, 0.05) is 31.8 Å². The molecule has 1 N–H and O–H groups in total. The summed E-state index contributed by atoms with van der Waals surface area (Å²) in [6, 6.07) is 3.93. The van der Waals surface area contributed by atoms with Crippen LogP contribution in [0.15, 0.2) is 23.1 Å². The molecule has 0 aliphatic carbocycles. The molecule has 1 aliphatic heterocycles. The van der Waals surface area contributed by atoms with Gasteiger partial charge in [-0.25, -0.2) is 12.8 Å². The van der Waals surface area contributed by atoms with Crippen LogP contribution >= 0.6 is 0 Å². The molecule has 1 unspecified atom stereocenters. The Morgan fingerprint density at radius 3 is 2.95 bits per heavy atom. The standard InChI is InChI=1S/C14H21FN2O3S/c1-11-10-17(6-3-7-20-11)21(18,19)13-4-5-14(15)12(8-13)9-16-2/h4-5,8,11,16H,3,6-7,9-10H2,1-2H3. The Hall–Kier alpha value is -1.02. The highest BCUT2D eigenvalue weighted by molar-refractivity contribution is 7.89. The van der Waals surface area contributed by atoms with E-state index in [1.54, 1.807) is 7.05 Å². The van der Waals surface area contributed by atoms with Gasteiger partial charge >= 0.3 is 0 Å². The zero-order valence-electron chi connectivity index (χ0n) is 12.3. The number of benzene rings is 1. The summed E-state index contributed by atoms with van der Waals surface area (Å²) in [5.74, 6) is -0.407. The van der Waals surface area contributed by atoms with Crippen molar-refractivity contribution >= 4 is 10.0 Å². The molecular formula is C14H21FN2O3S. The number of nitrogens with zero attached hydrogens (tertiary/aromatic N) is 1. The predicted octanol–water partition coefficient (Wildman–Crippen LogP) is 1.34. The van der Waals surface area contributed by atoms with Gasteiger partial charge in [0.2, 0.25) is 10.0 Å². The first-order valence-corrected chi connectivity index (χ1v) is 8.44. The number of sulfonamides is 1. The van der Waals surface area contributed by atoms with Crippen molar-refractivity contribution < 1.29 is 17.5 Å². The average molecular weight is 316 g/mol. The van der Waals surface area contributed by atoms with Crippen LogP contribution in [0.3, 0.4) is 0 Å². The first kappa shape index (κ1) is 16.4. The van der Waals surface area contributed by atoms with Crippen LogP contribution in [0.25, 0.3) is 0 Å². The van der Waals surface area contributed by atoms with Crippen molar-refractivity contribution in [2.75, 3.05) is 26.7 Å². The van der Waals surface area contributed by atoms with Crippen molar-refractivity contribution in [1.82, 2.24) is 9.62 Å². The third-order valence-corrected chi connectivity index (χ3v) is 5.30. The molecule has 1 saturated heterocycles. The van der Waals surface area contributed by atoms with Crippen LogP contribution in [0.2, 0.25) is 0 Å². The van der Waals surface area contributed by atoms with Gasteiger partial charge in [-0.1, -0.05) is 0 Å². The Bertz CT molecular complexity index is 592. The lowest BCUT2D eigenvalue weighted by molar-refractivity contribution is 0.0752. The van der Waals surface area contributed by atoms with Gasteiger partial charge in [-0.15, -0.1) is 0 Å². The number of hydrogen-bond donors (Lipinski definition) is 1. The molecule has 7 heteroatoms. The second-order valence-corrected chi connectivity index (χ2v) is 7.12. The molecule has 1 aromatic rings. The minimum Gasteiger partial charge on any atom is -0.377 e. The quantitative estimate of drug-likeness (QED) is 0.911. The maximum atomic E-state index is 13.6. The van der Waals surface area contributed by atoms with Crippen molar-refractivity contribution in [3.63, 3.8) is 0 Å². The number of hydrogen-bond acceptors (Lipinski definition) is 4. The molecule has 1 aromatic carbocycles. The van der Waals surface area contributed by atoms with E-state index in [-0.39, 0.29) is 17.5 Å². The van der Waals surface area contributed by atoms with Crippen molar-refractivity contribution in [3.05, 3.63) is 29.6 Å². The Labute approximate surface area is 125 Å². The molecule has 0 bridgehead atoms. The second kappa shape index (κ2) is 6.83. The normalized spacial score (nSPS) is 21.2. The van der Waals surface area contributed by atoms with Crippen LogP contribution in [0.1, 0.15) is 18.9 Å². The van der Waals surface area contributed by atoms with E-state index < -0.39 is 15.8 Å². The van der Waals surface area contributed by atoms with Gasteiger partial charge in [0.25, 0.3) is 0 Å². The first-order chi connectivity index (χ1) is 9.95. The molecule has 1 atom stereocenters. The summed E-state index contributed by atoms with van der Waals surface area (Å²) in [7, 11) is -1.93. The molecule has 118 valence electrons. The zero-order chi connectivity index (χ0) is 15.5. The van der Waals surface area contributed by atoms with Gasteiger partial charge in [0.15, 0.2) is 0 Å². The van der Waals surface area contributed by atoms with E-state index in [2.05, 4.69) is 5.32 Å². The summed E-state index contributed by atoms with van der Waals surface area (Å²) in [6.07, 6.45) is 0.522. The Morgan fingerprint density at radius 1 is 1.48 bits per heavy atom. The molecule has 1 aliphatic rings. The molecule has 0 aromatic heterocycles. The zero-order valence-corrected chi connectivity index (χ0v) is 13.1. The number of nitrogens with one attached hydrogen (secondary N) is 1. The van der Waals surface area contributed by atoms with Gasteiger partial charge in [-0.2, -0.15) is 4.31 Å². The molecule has 21 heavy (non-hydrogen) atoms.